The Hall–Kier alpha value is -3.80. The number of hydrogen-bond acceptors (Lipinski definition) is 4. The Morgan fingerprint density at radius 2 is 1.61 bits per heavy atom. The molecule has 3 N–H and O–H groups in total. The molecular formula is C22H20N2O4. The highest BCUT2D eigenvalue weighted by atomic mass is 16.5. The number of nitrogens with one attached hydrogen (secondary N) is 1. The van der Waals surface area contributed by atoms with E-state index in [4.69, 9.17) is 15.2 Å². The maximum atomic E-state index is 12.4. The van der Waals surface area contributed by atoms with Gasteiger partial charge in [0.25, 0.3) is 11.8 Å². The van der Waals surface area contributed by atoms with Gasteiger partial charge in [0.2, 0.25) is 0 Å². The van der Waals surface area contributed by atoms with Crippen LogP contribution in [0.4, 0.5) is 5.69 Å². The molecule has 3 rings (SSSR count). The summed E-state index contributed by atoms with van der Waals surface area (Å²) in [6.07, 6.45) is 0. The van der Waals surface area contributed by atoms with E-state index in [1.807, 2.05) is 31.2 Å². The monoisotopic (exact) mass is 376 g/mol. The Kier molecular flexibility index (Phi) is 5.91. The van der Waals surface area contributed by atoms with Gasteiger partial charge in [0, 0.05) is 11.3 Å². The third-order valence-corrected chi connectivity index (χ3v) is 3.81. The molecule has 142 valence electrons. The molecule has 0 aliphatic rings. The molecule has 0 unspecified atom stereocenters. The number of nitrogens with two attached hydrogens (primary N) is 1. The van der Waals surface area contributed by atoms with Crippen LogP contribution in [-0.2, 0) is 4.79 Å². The summed E-state index contributed by atoms with van der Waals surface area (Å²) in [5.41, 5.74) is 7.20. The van der Waals surface area contributed by atoms with E-state index in [0.29, 0.717) is 22.7 Å². The Morgan fingerprint density at radius 3 is 2.32 bits per heavy atom. The summed E-state index contributed by atoms with van der Waals surface area (Å²) in [4.78, 5) is 23.2. The molecule has 0 saturated carbocycles. The van der Waals surface area contributed by atoms with Crippen molar-refractivity contribution in [1.29, 1.82) is 0 Å². The zero-order valence-electron chi connectivity index (χ0n) is 15.3. The van der Waals surface area contributed by atoms with E-state index in [9.17, 15) is 9.59 Å². The van der Waals surface area contributed by atoms with E-state index in [1.165, 1.54) is 0 Å². The highest BCUT2D eigenvalue weighted by Gasteiger charge is 2.08. The van der Waals surface area contributed by atoms with Crippen LogP contribution in [0.1, 0.15) is 15.9 Å². The molecule has 3 aromatic rings. The van der Waals surface area contributed by atoms with Gasteiger partial charge in [0.05, 0.1) is 0 Å². The van der Waals surface area contributed by atoms with Crippen molar-refractivity contribution < 1.29 is 19.1 Å². The Morgan fingerprint density at radius 1 is 0.893 bits per heavy atom. The van der Waals surface area contributed by atoms with Gasteiger partial charge in [-0.15, -0.1) is 0 Å². The van der Waals surface area contributed by atoms with Crippen LogP contribution in [-0.4, -0.2) is 18.4 Å². The third-order valence-electron chi connectivity index (χ3n) is 3.81. The van der Waals surface area contributed by atoms with E-state index in [1.54, 1.807) is 48.5 Å². The lowest BCUT2D eigenvalue weighted by molar-refractivity contribution is -0.119. The molecule has 2 amide bonds. The van der Waals surface area contributed by atoms with Crippen LogP contribution in [0.25, 0.3) is 0 Å². The lowest BCUT2D eigenvalue weighted by Gasteiger charge is -2.09. The number of rotatable bonds is 7. The molecule has 0 aliphatic heterocycles. The molecule has 6 heteroatoms. The van der Waals surface area contributed by atoms with Crippen molar-refractivity contribution in [2.24, 2.45) is 5.73 Å². The van der Waals surface area contributed by atoms with Crippen LogP contribution in [0.3, 0.4) is 0 Å². The van der Waals surface area contributed by atoms with Gasteiger partial charge in [-0.25, -0.2) is 0 Å². The summed E-state index contributed by atoms with van der Waals surface area (Å²) >= 11 is 0. The molecule has 0 bridgehead atoms. The second kappa shape index (κ2) is 8.73. The smallest absolute Gasteiger partial charge is 0.255 e. The van der Waals surface area contributed by atoms with Crippen molar-refractivity contribution in [2.45, 2.75) is 6.92 Å². The normalized spacial score (nSPS) is 10.2. The molecule has 3 aromatic carbocycles. The van der Waals surface area contributed by atoms with E-state index in [0.717, 1.165) is 11.3 Å². The van der Waals surface area contributed by atoms with Crippen LogP contribution in [0, 0.1) is 6.92 Å². The fourth-order valence-corrected chi connectivity index (χ4v) is 2.51. The first-order valence-corrected chi connectivity index (χ1v) is 8.67. The largest absolute Gasteiger partial charge is 0.484 e. The third kappa shape index (κ3) is 5.35. The van der Waals surface area contributed by atoms with Crippen LogP contribution >= 0.6 is 0 Å². The van der Waals surface area contributed by atoms with Crippen molar-refractivity contribution in [3.63, 3.8) is 0 Å². The molecule has 0 saturated heterocycles. The molecule has 0 spiro atoms. The van der Waals surface area contributed by atoms with E-state index in [-0.39, 0.29) is 12.5 Å². The second-order valence-corrected chi connectivity index (χ2v) is 6.18. The Labute approximate surface area is 162 Å². The fourth-order valence-electron chi connectivity index (χ4n) is 2.51. The zero-order chi connectivity index (χ0) is 19.9. The van der Waals surface area contributed by atoms with Crippen LogP contribution in [0.5, 0.6) is 17.2 Å². The zero-order valence-corrected chi connectivity index (χ0v) is 15.3. The number of hydrogen-bond donors (Lipinski definition) is 2. The van der Waals surface area contributed by atoms with Crippen molar-refractivity contribution in [3.05, 3.63) is 83.9 Å². The van der Waals surface area contributed by atoms with E-state index in [2.05, 4.69) is 5.32 Å². The molecule has 0 fully saturated rings. The number of ether oxygens (including phenoxy) is 2. The van der Waals surface area contributed by atoms with Gasteiger partial charge >= 0.3 is 0 Å². The van der Waals surface area contributed by atoms with Crippen LogP contribution in [0.15, 0.2) is 72.8 Å². The second-order valence-electron chi connectivity index (χ2n) is 6.18. The lowest BCUT2D eigenvalue weighted by Crippen LogP contribution is -2.20. The Balaban J connectivity index is 1.63. The minimum Gasteiger partial charge on any atom is -0.484 e. The SMILES string of the molecule is Cc1cccc(Oc2ccc(NC(=O)c3cccc(OCC(N)=O)c3)cc2)c1. The summed E-state index contributed by atoms with van der Waals surface area (Å²) in [5, 5.41) is 2.81. The maximum Gasteiger partial charge on any atom is 0.255 e. The molecule has 0 heterocycles. The maximum absolute atomic E-state index is 12.4. The quantitative estimate of drug-likeness (QED) is 0.654. The molecule has 0 atom stereocenters. The highest BCUT2D eigenvalue weighted by molar-refractivity contribution is 6.04. The van der Waals surface area contributed by atoms with Gasteiger partial charge in [-0.2, -0.15) is 0 Å². The standard InChI is InChI=1S/C22H20N2O4/c1-15-4-2-7-20(12-15)28-18-10-8-17(9-11-18)24-22(26)16-5-3-6-19(13-16)27-14-21(23)25/h2-13H,14H2,1H3,(H2,23,25)(H,24,26). The number of carbonyl (C=O) groups is 2. The molecule has 0 aliphatic carbocycles. The number of carbonyl (C=O) groups excluding carboxylic acids is 2. The topological polar surface area (TPSA) is 90.7 Å². The first kappa shape index (κ1) is 19.0. The molecule has 0 radical (unpaired) electrons. The van der Waals surface area contributed by atoms with Gasteiger partial charge in [-0.3, -0.25) is 9.59 Å². The predicted octanol–water partition coefficient (Wildman–Crippen LogP) is 3.90. The van der Waals surface area contributed by atoms with Gasteiger partial charge < -0.3 is 20.5 Å². The first-order valence-electron chi connectivity index (χ1n) is 8.67. The number of benzene rings is 3. The Bertz CT molecular complexity index is 984. The molecule has 28 heavy (non-hydrogen) atoms. The van der Waals surface area contributed by atoms with E-state index >= 15 is 0 Å². The summed E-state index contributed by atoms with van der Waals surface area (Å²) in [6, 6.07) is 21.4. The van der Waals surface area contributed by atoms with Crippen molar-refractivity contribution in [2.75, 3.05) is 11.9 Å². The van der Waals surface area contributed by atoms with Crippen molar-refractivity contribution in [1.82, 2.24) is 0 Å². The van der Waals surface area contributed by atoms with Gasteiger partial charge in [-0.1, -0.05) is 18.2 Å². The minimum absolute atomic E-state index is 0.243. The average molecular weight is 376 g/mol. The minimum atomic E-state index is -0.581. The highest BCUT2D eigenvalue weighted by Crippen LogP contribution is 2.24. The summed E-state index contributed by atoms with van der Waals surface area (Å²) in [5.74, 6) is 0.947. The van der Waals surface area contributed by atoms with Crippen LogP contribution < -0.4 is 20.5 Å². The van der Waals surface area contributed by atoms with Crippen LogP contribution in [0.2, 0.25) is 0 Å². The fraction of sp³-hybridized carbons (Fsp3) is 0.0909. The summed E-state index contributed by atoms with van der Waals surface area (Å²) < 4.78 is 11.0. The molecular weight excluding hydrogens is 356 g/mol. The van der Waals surface area contributed by atoms with Gasteiger partial charge in [-0.05, 0) is 67.1 Å². The van der Waals surface area contributed by atoms with Crippen molar-refractivity contribution >= 4 is 17.5 Å². The summed E-state index contributed by atoms with van der Waals surface area (Å²) in [7, 11) is 0. The molecule has 6 nitrogen and oxygen atoms in total. The van der Waals surface area contributed by atoms with Gasteiger partial charge in [0.15, 0.2) is 6.61 Å². The first-order chi connectivity index (χ1) is 13.5. The number of aryl methyl sites for hydroxylation is 1. The van der Waals surface area contributed by atoms with Crippen molar-refractivity contribution in [3.8, 4) is 17.2 Å². The number of anilines is 1. The predicted molar refractivity (Wildman–Crippen MR) is 107 cm³/mol. The van der Waals surface area contributed by atoms with E-state index < -0.39 is 5.91 Å². The lowest BCUT2D eigenvalue weighted by atomic mass is 10.2. The number of primary amides is 1. The average Bonchev–Trinajstić information content (AvgIpc) is 2.68. The summed E-state index contributed by atoms with van der Waals surface area (Å²) in [6.45, 7) is 1.76. The van der Waals surface area contributed by atoms with Gasteiger partial charge in [0.1, 0.15) is 17.2 Å². The number of amides is 2. The molecule has 0 aromatic heterocycles.